The second kappa shape index (κ2) is 10.6. The average molecular weight is 486 g/mol. The largest absolute Gasteiger partial charge is 0.444 e. The number of hydrogen-bond acceptors (Lipinski definition) is 7. The summed E-state index contributed by atoms with van der Waals surface area (Å²) in [5.74, 6) is 0. The molecule has 1 fully saturated rings. The number of hydrogen-bond donors (Lipinski definition) is 0. The van der Waals surface area contributed by atoms with Gasteiger partial charge in [-0.2, -0.15) is 13.7 Å². The summed E-state index contributed by atoms with van der Waals surface area (Å²) >= 11 is 0. The number of piperazine rings is 1. The van der Waals surface area contributed by atoms with Crippen molar-refractivity contribution in [2.75, 3.05) is 32.5 Å². The van der Waals surface area contributed by atoms with E-state index in [1.54, 1.807) is 31.7 Å². The van der Waals surface area contributed by atoms with Gasteiger partial charge in [0.1, 0.15) is 5.60 Å². The van der Waals surface area contributed by atoms with Crippen molar-refractivity contribution < 1.29 is 22.1 Å². The number of nitriles is 1. The van der Waals surface area contributed by atoms with Gasteiger partial charge in [-0.05, 0) is 44.0 Å². The molecule has 0 radical (unpaired) electrons. The maximum absolute atomic E-state index is 12.8. The van der Waals surface area contributed by atoms with E-state index in [-0.39, 0.29) is 19.2 Å². The van der Waals surface area contributed by atoms with E-state index in [0.29, 0.717) is 18.7 Å². The molecule has 34 heavy (non-hydrogen) atoms. The Morgan fingerprint density at radius 3 is 2.41 bits per heavy atom. The van der Waals surface area contributed by atoms with Crippen LogP contribution < -0.4 is 0 Å². The van der Waals surface area contributed by atoms with Crippen LogP contribution in [-0.4, -0.2) is 68.5 Å². The highest BCUT2D eigenvalue weighted by molar-refractivity contribution is 7.85. The molecule has 0 spiro atoms. The van der Waals surface area contributed by atoms with E-state index >= 15 is 0 Å². The summed E-state index contributed by atoms with van der Waals surface area (Å²) in [6.07, 6.45) is 0.566. The van der Waals surface area contributed by atoms with Crippen LogP contribution in [0.1, 0.15) is 43.5 Å². The Bertz CT molecular complexity index is 1140. The highest BCUT2D eigenvalue weighted by atomic mass is 32.2. The van der Waals surface area contributed by atoms with Gasteiger partial charge in [-0.3, -0.25) is 9.08 Å². The van der Waals surface area contributed by atoms with Crippen molar-refractivity contribution in [3.8, 4) is 6.07 Å². The van der Waals surface area contributed by atoms with Gasteiger partial charge in [0.05, 0.1) is 36.6 Å². The van der Waals surface area contributed by atoms with E-state index in [9.17, 15) is 18.5 Å². The third kappa shape index (κ3) is 7.03. The van der Waals surface area contributed by atoms with Crippen LogP contribution in [0.5, 0.6) is 0 Å². The van der Waals surface area contributed by atoms with Gasteiger partial charge >= 0.3 is 6.09 Å². The zero-order chi connectivity index (χ0) is 24.9. The highest BCUT2D eigenvalue weighted by Crippen LogP contribution is 2.33. The standard InChI is InChI=1S/C25H31N3O5S/c1-25(2,3)33-24(29)27-13-14-28(22(17-27)18-32-34(4,30)31)23(20-10-6-5-7-11-20)21-12-8-9-19(15-21)16-26/h5-12,15,22-23H,13-14,17-18H2,1-4H3/t22-,23?/m0/s1. The van der Waals surface area contributed by atoms with Crippen LogP contribution in [0.15, 0.2) is 54.6 Å². The molecule has 1 aliphatic rings. The molecule has 8 nitrogen and oxygen atoms in total. The quantitative estimate of drug-likeness (QED) is 0.577. The lowest BCUT2D eigenvalue weighted by molar-refractivity contribution is -0.00871. The first-order valence-corrected chi connectivity index (χ1v) is 12.9. The molecule has 0 saturated carbocycles. The van der Waals surface area contributed by atoms with Gasteiger partial charge in [0, 0.05) is 19.6 Å². The molecule has 3 rings (SSSR count). The number of carbonyl (C=O) groups is 1. The molecule has 1 unspecified atom stereocenters. The van der Waals surface area contributed by atoms with Crippen LogP contribution in [0.2, 0.25) is 0 Å². The molecule has 0 bridgehead atoms. The molecule has 0 N–H and O–H groups in total. The maximum atomic E-state index is 12.8. The van der Waals surface area contributed by atoms with E-state index in [2.05, 4.69) is 11.0 Å². The Labute approximate surface area is 201 Å². The fourth-order valence-electron chi connectivity index (χ4n) is 4.04. The van der Waals surface area contributed by atoms with E-state index in [0.717, 1.165) is 17.4 Å². The zero-order valence-corrected chi connectivity index (χ0v) is 20.8. The van der Waals surface area contributed by atoms with Crippen molar-refractivity contribution in [2.45, 2.75) is 38.5 Å². The van der Waals surface area contributed by atoms with Crippen LogP contribution in [0, 0.1) is 11.3 Å². The van der Waals surface area contributed by atoms with Gasteiger partial charge in [0.2, 0.25) is 0 Å². The first-order chi connectivity index (χ1) is 16.0. The van der Waals surface area contributed by atoms with E-state index < -0.39 is 27.9 Å². The summed E-state index contributed by atoms with van der Waals surface area (Å²) < 4.78 is 34.3. The number of carbonyl (C=O) groups excluding carboxylic acids is 1. The minimum atomic E-state index is -3.68. The summed E-state index contributed by atoms with van der Waals surface area (Å²) in [7, 11) is -3.68. The third-order valence-corrected chi connectivity index (χ3v) is 6.00. The van der Waals surface area contributed by atoms with Gasteiger partial charge in [0.25, 0.3) is 10.1 Å². The summed E-state index contributed by atoms with van der Waals surface area (Å²) in [4.78, 5) is 16.5. The molecule has 2 atom stereocenters. The van der Waals surface area contributed by atoms with Crippen LogP contribution in [0.4, 0.5) is 4.79 Å². The molecule has 0 aliphatic carbocycles. The fourth-order valence-corrected chi connectivity index (χ4v) is 4.45. The van der Waals surface area contributed by atoms with E-state index in [1.807, 2.05) is 48.5 Å². The lowest BCUT2D eigenvalue weighted by Crippen LogP contribution is -2.58. The summed E-state index contributed by atoms with van der Waals surface area (Å²) in [5.41, 5.74) is 1.79. The normalized spacial score (nSPS) is 18.2. The number of amides is 1. The Hall–Kier alpha value is -2.93. The predicted molar refractivity (Wildman–Crippen MR) is 129 cm³/mol. The van der Waals surface area contributed by atoms with Crippen molar-refractivity contribution in [1.29, 1.82) is 5.26 Å². The van der Waals surface area contributed by atoms with Gasteiger partial charge in [-0.25, -0.2) is 4.79 Å². The van der Waals surface area contributed by atoms with Crippen molar-refractivity contribution in [3.05, 3.63) is 71.3 Å². The van der Waals surface area contributed by atoms with Crippen LogP contribution in [0.25, 0.3) is 0 Å². The number of benzene rings is 2. The Balaban J connectivity index is 1.98. The van der Waals surface area contributed by atoms with Gasteiger partial charge in [-0.15, -0.1) is 0 Å². The molecular formula is C25H31N3O5S. The second-order valence-corrected chi connectivity index (χ2v) is 11.0. The van der Waals surface area contributed by atoms with E-state index in [1.165, 1.54) is 0 Å². The highest BCUT2D eigenvalue weighted by Gasteiger charge is 2.37. The van der Waals surface area contributed by atoms with Gasteiger partial charge < -0.3 is 9.64 Å². The molecule has 2 aromatic carbocycles. The Morgan fingerprint density at radius 2 is 1.79 bits per heavy atom. The fraction of sp³-hybridized carbons (Fsp3) is 0.440. The maximum Gasteiger partial charge on any atom is 0.410 e. The molecule has 1 aliphatic heterocycles. The predicted octanol–water partition coefficient (Wildman–Crippen LogP) is 3.55. The molecule has 1 saturated heterocycles. The number of ether oxygens (including phenoxy) is 1. The van der Waals surface area contributed by atoms with Crippen LogP contribution >= 0.6 is 0 Å². The lowest BCUT2D eigenvalue weighted by atomic mass is 9.93. The lowest BCUT2D eigenvalue weighted by Gasteiger charge is -2.45. The molecule has 9 heteroatoms. The summed E-state index contributed by atoms with van der Waals surface area (Å²) in [6, 6.07) is 18.7. The molecular weight excluding hydrogens is 454 g/mol. The molecule has 182 valence electrons. The molecule has 1 heterocycles. The van der Waals surface area contributed by atoms with Crippen molar-refractivity contribution in [3.63, 3.8) is 0 Å². The molecule has 2 aromatic rings. The Kier molecular flexibility index (Phi) is 7.97. The van der Waals surface area contributed by atoms with Crippen LogP contribution in [-0.2, 0) is 19.0 Å². The average Bonchev–Trinajstić information content (AvgIpc) is 2.77. The van der Waals surface area contributed by atoms with Crippen molar-refractivity contribution >= 4 is 16.2 Å². The second-order valence-electron chi connectivity index (χ2n) is 9.36. The first-order valence-electron chi connectivity index (χ1n) is 11.1. The van der Waals surface area contributed by atoms with Crippen molar-refractivity contribution in [2.24, 2.45) is 0 Å². The van der Waals surface area contributed by atoms with E-state index in [4.69, 9.17) is 8.92 Å². The topological polar surface area (TPSA) is 99.9 Å². The van der Waals surface area contributed by atoms with Gasteiger partial charge in [-0.1, -0.05) is 42.5 Å². The third-order valence-electron chi connectivity index (χ3n) is 5.43. The molecule has 0 aromatic heterocycles. The minimum Gasteiger partial charge on any atom is -0.444 e. The zero-order valence-electron chi connectivity index (χ0n) is 20.0. The van der Waals surface area contributed by atoms with Crippen molar-refractivity contribution in [1.82, 2.24) is 9.80 Å². The molecule has 1 amide bonds. The SMILES string of the molecule is CC(C)(C)OC(=O)N1CCN(C(c2ccccc2)c2cccc(C#N)c2)[C@H](COS(C)(=O)=O)C1. The number of nitrogens with zero attached hydrogens (tertiary/aromatic N) is 3. The number of rotatable bonds is 6. The van der Waals surface area contributed by atoms with Crippen LogP contribution in [0.3, 0.4) is 0 Å². The van der Waals surface area contributed by atoms with Gasteiger partial charge in [0.15, 0.2) is 0 Å². The smallest absolute Gasteiger partial charge is 0.410 e. The Morgan fingerprint density at radius 1 is 1.12 bits per heavy atom. The first kappa shape index (κ1) is 25.7. The summed E-state index contributed by atoms with van der Waals surface area (Å²) in [6.45, 7) is 6.42. The minimum absolute atomic E-state index is 0.112. The monoisotopic (exact) mass is 485 g/mol. The summed E-state index contributed by atoms with van der Waals surface area (Å²) in [5, 5.41) is 9.43.